The van der Waals surface area contributed by atoms with Gasteiger partial charge in [0.1, 0.15) is 17.6 Å². The Kier molecular flexibility index (Phi) is 2.55. The Bertz CT molecular complexity index is 378. The molecule has 2 heteroatoms. The molecule has 0 saturated heterocycles. The third-order valence-electron chi connectivity index (χ3n) is 2.35. The fourth-order valence-electron chi connectivity index (χ4n) is 1.58. The fraction of sp³-hybridized carbons (Fsp3) is 0.333. The molecular formula is C12H14O2. The average molecular weight is 190 g/mol. The third-order valence-corrected chi connectivity index (χ3v) is 2.35. The minimum absolute atomic E-state index is 0.473. The molecule has 0 bridgehead atoms. The highest BCUT2D eigenvalue weighted by atomic mass is 16.4. The zero-order valence-electron chi connectivity index (χ0n) is 8.23. The number of hydrogen-bond acceptors (Lipinski definition) is 2. The second kappa shape index (κ2) is 3.84. The fourth-order valence-corrected chi connectivity index (χ4v) is 1.58. The van der Waals surface area contributed by atoms with Gasteiger partial charge in [0.2, 0.25) is 0 Å². The van der Waals surface area contributed by atoms with E-state index in [9.17, 15) is 5.11 Å². The molecule has 74 valence electrons. The van der Waals surface area contributed by atoms with Gasteiger partial charge in [0.25, 0.3) is 0 Å². The van der Waals surface area contributed by atoms with Crippen LogP contribution >= 0.6 is 0 Å². The summed E-state index contributed by atoms with van der Waals surface area (Å²) in [4.78, 5) is 0. The highest BCUT2D eigenvalue weighted by molar-refractivity contribution is 5.59. The van der Waals surface area contributed by atoms with Gasteiger partial charge in [-0.15, -0.1) is 0 Å². The second-order valence-electron chi connectivity index (χ2n) is 3.49. The maximum atomic E-state index is 9.72. The molecule has 2 rings (SSSR count). The van der Waals surface area contributed by atoms with Gasteiger partial charge in [-0.1, -0.05) is 25.5 Å². The SMILES string of the molecule is CCCC(O)c1ccc2cccc-2o1. The van der Waals surface area contributed by atoms with Crippen LogP contribution in [-0.4, -0.2) is 5.11 Å². The highest BCUT2D eigenvalue weighted by Crippen LogP contribution is 2.28. The van der Waals surface area contributed by atoms with Crippen LogP contribution in [0.4, 0.5) is 0 Å². The van der Waals surface area contributed by atoms with Crippen molar-refractivity contribution in [2.45, 2.75) is 25.9 Å². The van der Waals surface area contributed by atoms with Crippen LogP contribution in [-0.2, 0) is 0 Å². The van der Waals surface area contributed by atoms with Crippen molar-refractivity contribution in [3.05, 3.63) is 36.1 Å². The zero-order valence-corrected chi connectivity index (χ0v) is 8.23. The summed E-state index contributed by atoms with van der Waals surface area (Å²) in [5, 5.41) is 9.72. The first-order valence-electron chi connectivity index (χ1n) is 4.98. The molecule has 0 fully saturated rings. The third kappa shape index (κ3) is 1.66. The Morgan fingerprint density at radius 1 is 1.29 bits per heavy atom. The predicted molar refractivity (Wildman–Crippen MR) is 55.2 cm³/mol. The summed E-state index contributed by atoms with van der Waals surface area (Å²) in [6, 6.07) is 9.69. The standard InChI is InChI=1S/C12H14O2/c1-2-4-10(13)12-8-7-9-5-3-6-11(9)14-12/h3,5-8,10,13H,2,4H2,1H3. The molecule has 2 nitrogen and oxygen atoms in total. The summed E-state index contributed by atoms with van der Waals surface area (Å²) in [6.45, 7) is 2.05. The van der Waals surface area contributed by atoms with Crippen LogP contribution in [0.2, 0.25) is 0 Å². The highest BCUT2D eigenvalue weighted by Gasteiger charge is 2.11. The Balaban J connectivity index is 2.30. The topological polar surface area (TPSA) is 33.4 Å². The maximum absolute atomic E-state index is 9.72. The van der Waals surface area contributed by atoms with Gasteiger partial charge in [-0.3, -0.25) is 0 Å². The summed E-state index contributed by atoms with van der Waals surface area (Å²) >= 11 is 0. The van der Waals surface area contributed by atoms with Crippen molar-refractivity contribution in [3.63, 3.8) is 0 Å². The summed E-state index contributed by atoms with van der Waals surface area (Å²) in [6.07, 6.45) is 1.23. The van der Waals surface area contributed by atoms with Crippen LogP contribution in [0.25, 0.3) is 11.3 Å². The minimum Gasteiger partial charge on any atom is -0.458 e. The molecule has 1 aliphatic carbocycles. The Morgan fingerprint density at radius 2 is 2.14 bits per heavy atom. The molecule has 1 N–H and O–H groups in total. The van der Waals surface area contributed by atoms with Gasteiger partial charge in [-0.05, 0) is 24.6 Å². The number of fused-ring (bicyclic) bond motifs is 1. The van der Waals surface area contributed by atoms with Crippen molar-refractivity contribution >= 4 is 0 Å². The zero-order chi connectivity index (χ0) is 9.97. The lowest BCUT2D eigenvalue weighted by Gasteiger charge is -2.09. The van der Waals surface area contributed by atoms with Crippen LogP contribution in [0.1, 0.15) is 31.6 Å². The molecule has 1 atom stereocenters. The summed E-state index contributed by atoms with van der Waals surface area (Å²) in [5.41, 5.74) is 1.08. The van der Waals surface area contributed by atoms with E-state index < -0.39 is 6.10 Å². The number of aliphatic hydroxyl groups excluding tert-OH is 1. The Hall–Kier alpha value is -1.28. The van der Waals surface area contributed by atoms with Crippen molar-refractivity contribution in [1.29, 1.82) is 0 Å². The average Bonchev–Trinajstić information content (AvgIpc) is 2.64. The molecule has 0 spiro atoms. The molecule has 0 radical (unpaired) electrons. The second-order valence-corrected chi connectivity index (χ2v) is 3.49. The van der Waals surface area contributed by atoms with E-state index >= 15 is 0 Å². The van der Waals surface area contributed by atoms with Crippen molar-refractivity contribution in [1.82, 2.24) is 0 Å². The quantitative estimate of drug-likeness (QED) is 0.806. The molecule has 0 aromatic carbocycles. The van der Waals surface area contributed by atoms with E-state index in [1.165, 1.54) is 0 Å². The van der Waals surface area contributed by atoms with E-state index in [1.54, 1.807) is 0 Å². The largest absolute Gasteiger partial charge is 0.458 e. The molecule has 1 heterocycles. The van der Waals surface area contributed by atoms with E-state index in [1.807, 2.05) is 37.3 Å². The molecule has 0 aromatic rings. The smallest absolute Gasteiger partial charge is 0.134 e. The molecule has 1 unspecified atom stereocenters. The van der Waals surface area contributed by atoms with E-state index in [0.29, 0.717) is 5.76 Å². The molecule has 1 aliphatic heterocycles. The van der Waals surface area contributed by atoms with Crippen molar-refractivity contribution in [3.8, 4) is 11.3 Å². The Labute approximate surface area is 83.5 Å². The van der Waals surface area contributed by atoms with E-state index in [4.69, 9.17) is 4.42 Å². The lowest BCUT2D eigenvalue weighted by Crippen LogP contribution is -1.96. The first kappa shape index (κ1) is 9.28. The number of hydrogen-bond donors (Lipinski definition) is 1. The van der Waals surface area contributed by atoms with Crippen molar-refractivity contribution < 1.29 is 9.52 Å². The van der Waals surface area contributed by atoms with E-state index in [0.717, 1.165) is 24.2 Å². The van der Waals surface area contributed by atoms with Crippen molar-refractivity contribution in [2.24, 2.45) is 0 Å². The molecule has 14 heavy (non-hydrogen) atoms. The molecule has 0 saturated carbocycles. The molecule has 2 aliphatic rings. The molecule has 0 amide bonds. The minimum atomic E-state index is -0.473. The van der Waals surface area contributed by atoms with E-state index in [-0.39, 0.29) is 0 Å². The van der Waals surface area contributed by atoms with E-state index in [2.05, 4.69) is 0 Å². The summed E-state index contributed by atoms with van der Waals surface area (Å²) in [7, 11) is 0. The Morgan fingerprint density at radius 3 is 2.93 bits per heavy atom. The summed E-state index contributed by atoms with van der Waals surface area (Å²) in [5.74, 6) is 1.50. The van der Waals surface area contributed by atoms with Gasteiger partial charge in [0.05, 0.1) is 0 Å². The van der Waals surface area contributed by atoms with Gasteiger partial charge in [-0.25, -0.2) is 0 Å². The predicted octanol–water partition coefficient (Wildman–Crippen LogP) is 3.22. The monoisotopic (exact) mass is 190 g/mol. The molecular weight excluding hydrogens is 176 g/mol. The first-order valence-corrected chi connectivity index (χ1v) is 4.98. The van der Waals surface area contributed by atoms with Crippen LogP contribution in [0.5, 0.6) is 0 Å². The number of aliphatic hydroxyl groups is 1. The van der Waals surface area contributed by atoms with Gasteiger partial charge >= 0.3 is 0 Å². The van der Waals surface area contributed by atoms with Crippen LogP contribution in [0, 0.1) is 0 Å². The van der Waals surface area contributed by atoms with Gasteiger partial charge in [0.15, 0.2) is 0 Å². The van der Waals surface area contributed by atoms with Gasteiger partial charge in [-0.2, -0.15) is 0 Å². The van der Waals surface area contributed by atoms with Crippen LogP contribution in [0.15, 0.2) is 34.7 Å². The van der Waals surface area contributed by atoms with Crippen LogP contribution < -0.4 is 0 Å². The normalized spacial score (nSPS) is 13.3. The lowest BCUT2D eigenvalue weighted by molar-refractivity contribution is 0.138. The summed E-state index contributed by atoms with van der Waals surface area (Å²) < 4.78 is 5.57. The maximum Gasteiger partial charge on any atom is 0.134 e. The van der Waals surface area contributed by atoms with Gasteiger partial charge < -0.3 is 9.52 Å². The van der Waals surface area contributed by atoms with Crippen molar-refractivity contribution in [2.75, 3.05) is 0 Å². The van der Waals surface area contributed by atoms with Crippen LogP contribution in [0.3, 0.4) is 0 Å². The molecule has 0 aromatic heterocycles. The van der Waals surface area contributed by atoms with Gasteiger partial charge in [0, 0.05) is 5.56 Å². The lowest BCUT2D eigenvalue weighted by atomic mass is 10.1. The number of rotatable bonds is 3. The first-order chi connectivity index (χ1) is 6.81.